The molecule has 0 saturated carbocycles. The number of cyclic esters (lactones) is 1. The van der Waals surface area contributed by atoms with Crippen LogP contribution in [0.5, 0.6) is 0 Å². The molecule has 1 heterocycles. The molecule has 0 unspecified atom stereocenters. The zero-order valence-corrected chi connectivity index (χ0v) is 14.9. The van der Waals surface area contributed by atoms with E-state index in [2.05, 4.69) is 4.99 Å². The molecule has 0 saturated heterocycles. The van der Waals surface area contributed by atoms with Gasteiger partial charge < -0.3 is 9.47 Å². The van der Waals surface area contributed by atoms with Gasteiger partial charge in [-0.25, -0.2) is 14.6 Å². The van der Waals surface area contributed by atoms with Gasteiger partial charge in [0, 0.05) is 5.56 Å². The molecule has 5 nitrogen and oxygen atoms in total. The van der Waals surface area contributed by atoms with Crippen LogP contribution in [-0.4, -0.2) is 32.8 Å². The first-order chi connectivity index (χ1) is 10.5. The fourth-order valence-corrected chi connectivity index (χ4v) is 1.80. The van der Waals surface area contributed by atoms with Gasteiger partial charge in [-0.1, -0.05) is 53.0 Å². The number of carbonyl (C=O) groups excluding carboxylic acids is 2. The van der Waals surface area contributed by atoms with E-state index in [4.69, 9.17) is 44.3 Å². The highest BCUT2D eigenvalue weighted by molar-refractivity contribution is 6.68. The van der Waals surface area contributed by atoms with Crippen molar-refractivity contribution in [2.24, 2.45) is 4.99 Å². The zero-order valence-electron chi connectivity index (χ0n) is 12.6. The number of ether oxygens (including phenoxy) is 2. The predicted octanol–water partition coefficient (Wildman–Crippen LogP) is 3.44. The summed E-state index contributed by atoms with van der Waals surface area (Å²) in [6.07, 6.45) is 0. The highest BCUT2D eigenvalue weighted by Crippen LogP contribution is 2.41. The second kappa shape index (κ2) is 5.96. The molecule has 0 bridgehead atoms. The SMILES string of the molecule is CC(C)(OC(=O)[C@]1(C)N=C(c2ccccc2)OC1=O)C(Cl)(Cl)Cl. The van der Waals surface area contributed by atoms with Crippen LogP contribution in [0.2, 0.25) is 0 Å². The van der Waals surface area contributed by atoms with Gasteiger partial charge in [0.2, 0.25) is 9.69 Å². The van der Waals surface area contributed by atoms with E-state index >= 15 is 0 Å². The molecule has 0 N–H and O–H groups in total. The van der Waals surface area contributed by atoms with Crippen LogP contribution in [0.3, 0.4) is 0 Å². The second-order valence-electron chi connectivity index (χ2n) is 5.64. The van der Waals surface area contributed by atoms with Crippen molar-refractivity contribution in [3.63, 3.8) is 0 Å². The summed E-state index contributed by atoms with van der Waals surface area (Å²) in [6, 6.07) is 8.72. The van der Waals surface area contributed by atoms with E-state index < -0.39 is 26.9 Å². The maximum atomic E-state index is 12.4. The number of benzene rings is 1. The Morgan fingerprint density at radius 2 is 1.78 bits per heavy atom. The van der Waals surface area contributed by atoms with Crippen LogP contribution in [-0.2, 0) is 19.1 Å². The lowest BCUT2D eigenvalue weighted by Gasteiger charge is -2.33. The summed E-state index contributed by atoms with van der Waals surface area (Å²) in [5.74, 6) is -1.76. The minimum absolute atomic E-state index is 0.0433. The Bertz CT molecular complexity index is 667. The number of hydrogen-bond donors (Lipinski definition) is 0. The molecule has 2 rings (SSSR count). The minimum atomic E-state index is -1.87. The standard InChI is InChI=1S/C15H14Cl3NO4/c1-13(2,15(16,17)18)23-12(21)14(3)11(20)22-10(19-14)9-7-5-4-6-8-9/h4-8H,1-3H3/t14-/m1/s1. The van der Waals surface area contributed by atoms with Crippen LogP contribution in [0.4, 0.5) is 0 Å². The Morgan fingerprint density at radius 1 is 1.22 bits per heavy atom. The summed E-state index contributed by atoms with van der Waals surface area (Å²) in [7, 11) is 0. The third-order valence-corrected chi connectivity index (χ3v) is 4.73. The highest BCUT2D eigenvalue weighted by atomic mass is 35.6. The molecule has 1 aliphatic rings. The van der Waals surface area contributed by atoms with Crippen LogP contribution < -0.4 is 0 Å². The lowest BCUT2D eigenvalue weighted by atomic mass is 10.0. The minimum Gasteiger partial charge on any atom is -0.453 e. The smallest absolute Gasteiger partial charge is 0.352 e. The van der Waals surface area contributed by atoms with Crippen LogP contribution >= 0.6 is 34.8 Å². The Balaban J connectivity index is 2.29. The van der Waals surface area contributed by atoms with Crippen molar-refractivity contribution >= 4 is 52.6 Å². The molecule has 124 valence electrons. The van der Waals surface area contributed by atoms with Crippen LogP contribution in [0.25, 0.3) is 0 Å². The van der Waals surface area contributed by atoms with E-state index in [1.165, 1.54) is 20.8 Å². The number of nitrogens with zero attached hydrogens (tertiary/aromatic N) is 1. The molecule has 0 amide bonds. The average Bonchev–Trinajstić information content (AvgIpc) is 2.75. The molecule has 1 aliphatic heterocycles. The predicted molar refractivity (Wildman–Crippen MR) is 87.9 cm³/mol. The van der Waals surface area contributed by atoms with Gasteiger partial charge in [0.1, 0.15) is 0 Å². The van der Waals surface area contributed by atoms with Crippen molar-refractivity contribution in [3.8, 4) is 0 Å². The molecule has 8 heteroatoms. The van der Waals surface area contributed by atoms with Crippen molar-refractivity contribution in [1.29, 1.82) is 0 Å². The van der Waals surface area contributed by atoms with Gasteiger partial charge in [0.05, 0.1) is 0 Å². The van der Waals surface area contributed by atoms with E-state index in [1.54, 1.807) is 30.3 Å². The van der Waals surface area contributed by atoms with Gasteiger partial charge in [0.15, 0.2) is 5.60 Å². The summed E-state index contributed by atoms with van der Waals surface area (Å²) < 4.78 is 8.43. The Labute approximate surface area is 148 Å². The monoisotopic (exact) mass is 377 g/mol. The van der Waals surface area contributed by atoms with Gasteiger partial charge in [-0.05, 0) is 32.9 Å². The number of halogens is 3. The molecule has 23 heavy (non-hydrogen) atoms. The maximum Gasteiger partial charge on any atom is 0.352 e. The lowest BCUT2D eigenvalue weighted by Crippen LogP contribution is -2.49. The van der Waals surface area contributed by atoms with Crippen molar-refractivity contribution < 1.29 is 19.1 Å². The van der Waals surface area contributed by atoms with Crippen LogP contribution in [0, 0.1) is 0 Å². The van der Waals surface area contributed by atoms with E-state index in [0.29, 0.717) is 5.56 Å². The van der Waals surface area contributed by atoms with E-state index in [0.717, 1.165) is 0 Å². The molecular weight excluding hydrogens is 365 g/mol. The third kappa shape index (κ3) is 3.47. The first-order valence-electron chi connectivity index (χ1n) is 6.65. The first kappa shape index (κ1) is 18.0. The van der Waals surface area contributed by atoms with Crippen LogP contribution in [0.15, 0.2) is 35.3 Å². The quantitative estimate of drug-likeness (QED) is 0.459. The van der Waals surface area contributed by atoms with Gasteiger partial charge in [-0.2, -0.15) is 0 Å². The van der Waals surface area contributed by atoms with Gasteiger partial charge in [-0.15, -0.1) is 0 Å². The topological polar surface area (TPSA) is 65.0 Å². The molecule has 1 aromatic carbocycles. The number of esters is 2. The molecule has 0 spiro atoms. The molecule has 0 fully saturated rings. The fraction of sp³-hybridized carbons (Fsp3) is 0.400. The number of alkyl halides is 3. The molecule has 0 aliphatic carbocycles. The van der Waals surface area contributed by atoms with Crippen molar-refractivity contribution in [3.05, 3.63) is 35.9 Å². The summed E-state index contributed by atoms with van der Waals surface area (Å²) in [5, 5.41) is 0. The number of rotatable bonds is 3. The summed E-state index contributed by atoms with van der Waals surface area (Å²) in [4.78, 5) is 28.6. The maximum absolute atomic E-state index is 12.4. The van der Waals surface area contributed by atoms with E-state index in [1.807, 2.05) is 0 Å². The Kier molecular flexibility index (Phi) is 4.68. The largest absolute Gasteiger partial charge is 0.453 e. The molecule has 0 aromatic heterocycles. The fourth-order valence-electron chi connectivity index (χ4n) is 1.68. The Hall–Kier alpha value is -1.30. The van der Waals surface area contributed by atoms with Gasteiger partial charge in [-0.3, -0.25) is 0 Å². The van der Waals surface area contributed by atoms with Crippen molar-refractivity contribution in [1.82, 2.24) is 0 Å². The first-order valence-corrected chi connectivity index (χ1v) is 7.78. The van der Waals surface area contributed by atoms with E-state index in [9.17, 15) is 9.59 Å². The normalized spacial score (nSPS) is 21.7. The van der Waals surface area contributed by atoms with Gasteiger partial charge in [0.25, 0.3) is 5.54 Å². The number of carbonyl (C=O) groups is 2. The molecule has 0 radical (unpaired) electrons. The third-order valence-electron chi connectivity index (χ3n) is 3.36. The second-order valence-corrected chi connectivity index (χ2v) is 7.92. The van der Waals surface area contributed by atoms with Crippen molar-refractivity contribution in [2.45, 2.75) is 35.7 Å². The summed E-state index contributed by atoms with van der Waals surface area (Å²) >= 11 is 17.4. The lowest BCUT2D eigenvalue weighted by molar-refractivity contribution is -0.166. The molecule has 1 atom stereocenters. The molecular formula is C15H14Cl3NO4. The van der Waals surface area contributed by atoms with Gasteiger partial charge >= 0.3 is 11.9 Å². The Morgan fingerprint density at radius 3 is 2.30 bits per heavy atom. The summed E-state index contributed by atoms with van der Waals surface area (Å²) in [5.41, 5.74) is -2.74. The number of aliphatic imine (C=N–C) groups is 1. The van der Waals surface area contributed by atoms with Crippen LogP contribution in [0.1, 0.15) is 26.3 Å². The number of hydrogen-bond acceptors (Lipinski definition) is 5. The van der Waals surface area contributed by atoms with Crippen molar-refractivity contribution in [2.75, 3.05) is 0 Å². The zero-order chi connectivity index (χ0) is 17.5. The summed E-state index contributed by atoms with van der Waals surface area (Å²) in [6.45, 7) is 4.13. The highest BCUT2D eigenvalue weighted by Gasteiger charge is 2.54. The molecule has 1 aromatic rings. The van der Waals surface area contributed by atoms with E-state index in [-0.39, 0.29) is 5.90 Å². The average molecular weight is 379 g/mol.